The first-order valence-corrected chi connectivity index (χ1v) is 8.34. The quantitative estimate of drug-likeness (QED) is 0.344. The molecular formula is C15H27BrIN5O. The molecule has 0 saturated heterocycles. The van der Waals surface area contributed by atoms with E-state index in [9.17, 15) is 4.79 Å². The van der Waals surface area contributed by atoms with Crippen LogP contribution in [0.5, 0.6) is 0 Å². The smallest absolute Gasteiger partial charge is 0.241 e. The number of hydrogen-bond donors (Lipinski definition) is 2. The molecule has 1 rings (SSSR count). The van der Waals surface area contributed by atoms with Gasteiger partial charge in [-0.15, -0.1) is 24.0 Å². The van der Waals surface area contributed by atoms with Gasteiger partial charge in [-0.1, -0.05) is 6.92 Å². The van der Waals surface area contributed by atoms with Gasteiger partial charge in [-0.25, -0.2) is 4.99 Å². The Bertz CT molecular complexity index is 518. The van der Waals surface area contributed by atoms with E-state index in [0.717, 1.165) is 29.1 Å². The van der Waals surface area contributed by atoms with Crippen molar-refractivity contribution >= 4 is 51.8 Å². The van der Waals surface area contributed by atoms with Gasteiger partial charge < -0.3 is 20.1 Å². The lowest BCUT2D eigenvalue weighted by Crippen LogP contribution is -2.39. The SMILES string of the molecule is CCCNC(=O)CN=C(NCC)N(C)Cc1cc(Br)cn1C.I. The molecule has 132 valence electrons. The van der Waals surface area contributed by atoms with Gasteiger partial charge in [0.25, 0.3) is 0 Å². The highest BCUT2D eigenvalue weighted by molar-refractivity contribution is 14.0. The van der Waals surface area contributed by atoms with Crippen molar-refractivity contribution in [3.8, 4) is 0 Å². The Morgan fingerprint density at radius 3 is 2.61 bits per heavy atom. The molecule has 0 bridgehead atoms. The molecule has 0 saturated carbocycles. The minimum atomic E-state index is -0.0488. The van der Waals surface area contributed by atoms with Crippen molar-refractivity contribution in [3.63, 3.8) is 0 Å². The van der Waals surface area contributed by atoms with Gasteiger partial charge in [-0.2, -0.15) is 0 Å². The third-order valence-corrected chi connectivity index (χ3v) is 3.55. The number of aryl methyl sites for hydroxylation is 1. The Labute approximate surface area is 164 Å². The summed E-state index contributed by atoms with van der Waals surface area (Å²) < 4.78 is 3.12. The van der Waals surface area contributed by atoms with Crippen molar-refractivity contribution in [2.45, 2.75) is 26.8 Å². The fraction of sp³-hybridized carbons (Fsp3) is 0.600. The highest BCUT2D eigenvalue weighted by Crippen LogP contribution is 2.14. The Hall–Kier alpha value is -0.770. The number of nitrogens with one attached hydrogen (secondary N) is 2. The Morgan fingerprint density at radius 1 is 1.39 bits per heavy atom. The van der Waals surface area contributed by atoms with Gasteiger partial charge in [0.05, 0.1) is 6.54 Å². The molecule has 0 aliphatic rings. The van der Waals surface area contributed by atoms with Crippen LogP contribution >= 0.6 is 39.9 Å². The van der Waals surface area contributed by atoms with Crippen LogP contribution in [-0.4, -0.2) is 48.0 Å². The van der Waals surface area contributed by atoms with Crippen LogP contribution in [0.4, 0.5) is 0 Å². The van der Waals surface area contributed by atoms with E-state index in [1.807, 2.05) is 39.0 Å². The largest absolute Gasteiger partial charge is 0.357 e. The first-order valence-electron chi connectivity index (χ1n) is 7.54. The summed E-state index contributed by atoms with van der Waals surface area (Å²) in [6.07, 6.45) is 2.95. The molecule has 1 aromatic heterocycles. The average Bonchev–Trinajstić information content (AvgIpc) is 2.78. The molecule has 0 aromatic carbocycles. The van der Waals surface area contributed by atoms with E-state index in [1.54, 1.807) is 0 Å². The number of guanidine groups is 1. The van der Waals surface area contributed by atoms with Crippen molar-refractivity contribution in [3.05, 3.63) is 22.4 Å². The Kier molecular flexibility index (Phi) is 11.3. The second-order valence-electron chi connectivity index (χ2n) is 5.14. The summed E-state index contributed by atoms with van der Waals surface area (Å²) in [5.74, 6) is 0.679. The van der Waals surface area contributed by atoms with E-state index in [-0.39, 0.29) is 36.4 Å². The molecule has 1 aromatic rings. The average molecular weight is 500 g/mol. The lowest BCUT2D eigenvalue weighted by molar-refractivity contribution is -0.119. The molecule has 0 atom stereocenters. The maximum Gasteiger partial charge on any atom is 0.241 e. The highest BCUT2D eigenvalue weighted by Gasteiger charge is 2.10. The summed E-state index contributed by atoms with van der Waals surface area (Å²) in [5, 5.41) is 6.04. The summed E-state index contributed by atoms with van der Waals surface area (Å²) in [6.45, 7) is 6.35. The predicted molar refractivity (Wildman–Crippen MR) is 109 cm³/mol. The molecule has 0 radical (unpaired) electrons. The van der Waals surface area contributed by atoms with Crippen molar-refractivity contribution < 1.29 is 4.79 Å². The number of hydrogen-bond acceptors (Lipinski definition) is 2. The Morgan fingerprint density at radius 2 is 2.09 bits per heavy atom. The molecule has 1 heterocycles. The van der Waals surface area contributed by atoms with E-state index in [2.05, 4.69) is 42.2 Å². The summed E-state index contributed by atoms with van der Waals surface area (Å²) in [5.41, 5.74) is 1.16. The first-order chi connectivity index (χ1) is 10.5. The number of carbonyl (C=O) groups excluding carboxylic acids is 1. The van der Waals surface area contributed by atoms with Crippen molar-refractivity contribution in [1.82, 2.24) is 20.1 Å². The van der Waals surface area contributed by atoms with Crippen LogP contribution in [0.1, 0.15) is 26.0 Å². The molecule has 0 spiro atoms. The summed E-state index contributed by atoms with van der Waals surface area (Å²) in [6, 6.07) is 2.08. The molecule has 0 fully saturated rings. The molecule has 23 heavy (non-hydrogen) atoms. The molecule has 0 unspecified atom stereocenters. The third-order valence-electron chi connectivity index (χ3n) is 3.11. The van der Waals surface area contributed by atoms with E-state index >= 15 is 0 Å². The fourth-order valence-electron chi connectivity index (χ4n) is 1.98. The predicted octanol–water partition coefficient (Wildman–Crippen LogP) is 2.33. The van der Waals surface area contributed by atoms with Crippen molar-refractivity contribution in [2.75, 3.05) is 26.7 Å². The van der Waals surface area contributed by atoms with Gasteiger partial charge in [0.15, 0.2) is 5.96 Å². The minimum Gasteiger partial charge on any atom is -0.357 e. The number of nitrogens with zero attached hydrogens (tertiary/aromatic N) is 3. The zero-order valence-electron chi connectivity index (χ0n) is 14.2. The summed E-state index contributed by atoms with van der Waals surface area (Å²) in [7, 11) is 3.97. The molecule has 0 aliphatic heterocycles. The minimum absolute atomic E-state index is 0. The number of rotatable bonds is 7. The molecular weight excluding hydrogens is 473 g/mol. The van der Waals surface area contributed by atoms with Gasteiger partial charge in [0, 0.05) is 43.5 Å². The van der Waals surface area contributed by atoms with Crippen molar-refractivity contribution in [2.24, 2.45) is 12.0 Å². The molecule has 6 nitrogen and oxygen atoms in total. The molecule has 2 N–H and O–H groups in total. The number of carbonyl (C=O) groups is 1. The third kappa shape index (κ3) is 8.05. The van der Waals surface area contributed by atoms with E-state index < -0.39 is 0 Å². The van der Waals surface area contributed by atoms with Crippen LogP contribution in [0.2, 0.25) is 0 Å². The van der Waals surface area contributed by atoms with E-state index in [0.29, 0.717) is 13.1 Å². The number of amides is 1. The van der Waals surface area contributed by atoms with Gasteiger partial charge >= 0.3 is 0 Å². The second kappa shape index (κ2) is 11.7. The zero-order valence-corrected chi connectivity index (χ0v) is 18.1. The van der Waals surface area contributed by atoms with Crippen LogP contribution in [0.3, 0.4) is 0 Å². The Balaban J connectivity index is 0.00000484. The first kappa shape index (κ1) is 22.2. The lowest BCUT2D eigenvalue weighted by Gasteiger charge is -2.22. The fourth-order valence-corrected chi connectivity index (χ4v) is 2.55. The topological polar surface area (TPSA) is 61.7 Å². The van der Waals surface area contributed by atoms with Crippen molar-refractivity contribution in [1.29, 1.82) is 0 Å². The molecule has 1 amide bonds. The highest BCUT2D eigenvalue weighted by atomic mass is 127. The van der Waals surface area contributed by atoms with E-state index in [4.69, 9.17) is 0 Å². The van der Waals surface area contributed by atoms with Crippen LogP contribution in [0, 0.1) is 0 Å². The standard InChI is InChI=1S/C15H26BrN5O.HI/c1-5-7-18-14(22)9-19-15(17-6-2)21(4)11-13-8-12(16)10-20(13)3;/h8,10H,5-7,9,11H2,1-4H3,(H,17,19)(H,18,22);1H. The van der Waals surface area contributed by atoms with Crippen LogP contribution in [0.25, 0.3) is 0 Å². The number of halogens is 2. The van der Waals surface area contributed by atoms with Crippen LogP contribution in [-0.2, 0) is 18.4 Å². The monoisotopic (exact) mass is 499 g/mol. The van der Waals surface area contributed by atoms with Gasteiger partial charge in [0.2, 0.25) is 5.91 Å². The number of aromatic nitrogens is 1. The van der Waals surface area contributed by atoms with E-state index in [1.165, 1.54) is 0 Å². The molecule has 0 aliphatic carbocycles. The maximum atomic E-state index is 11.7. The van der Waals surface area contributed by atoms with Gasteiger partial charge in [0.1, 0.15) is 6.54 Å². The molecule has 8 heteroatoms. The summed E-state index contributed by atoms with van der Waals surface area (Å²) >= 11 is 3.48. The van der Waals surface area contributed by atoms with Gasteiger partial charge in [-0.05, 0) is 35.3 Å². The second-order valence-corrected chi connectivity index (χ2v) is 6.05. The lowest BCUT2D eigenvalue weighted by atomic mass is 10.4. The number of aliphatic imine (C=N–C) groups is 1. The maximum absolute atomic E-state index is 11.7. The van der Waals surface area contributed by atoms with Crippen LogP contribution < -0.4 is 10.6 Å². The summed E-state index contributed by atoms with van der Waals surface area (Å²) in [4.78, 5) is 18.1. The van der Waals surface area contributed by atoms with Gasteiger partial charge in [-0.3, -0.25) is 4.79 Å². The normalized spacial score (nSPS) is 10.9. The zero-order chi connectivity index (χ0) is 16.5. The van der Waals surface area contributed by atoms with Crippen LogP contribution in [0.15, 0.2) is 21.7 Å².